The molecule has 1 unspecified atom stereocenters. The van der Waals surface area contributed by atoms with E-state index in [2.05, 4.69) is 13.8 Å². The Kier molecular flexibility index (Phi) is 3.72. The second-order valence-corrected chi connectivity index (χ2v) is 5.02. The van der Waals surface area contributed by atoms with Crippen LogP contribution >= 0.6 is 23.4 Å². The van der Waals surface area contributed by atoms with Gasteiger partial charge in [-0.15, -0.1) is 0 Å². The number of nitrogens with zero attached hydrogens (tertiary/aromatic N) is 1. The van der Waals surface area contributed by atoms with Crippen LogP contribution < -0.4 is 0 Å². The zero-order valence-electron chi connectivity index (χ0n) is 7.42. The number of hydrogen-bond donors (Lipinski definition) is 0. The van der Waals surface area contributed by atoms with Gasteiger partial charge in [0.1, 0.15) is 0 Å². The summed E-state index contributed by atoms with van der Waals surface area (Å²) in [5.41, 5.74) is 0. The zero-order valence-corrected chi connectivity index (χ0v) is 8.99. The predicted molar refractivity (Wildman–Crippen MR) is 53.9 cm³/mol. The first kappa shape index (κ1) is 10.2. The smallest absolute Gasteiger partial charge is 0.316 e. The summed E-state index contributed by atoms with van der Waals surface area (Å²) in [6.07, 6.45) is 0. The molecule has 4 heteroatoms. The molecule has 0 bridgehead atoms. The molecule has 0 aromatic rings. The van der Waals surface area contributed by atoms with Crippen molar-refractivity contribution in [3.63, 3.8) is 0 Å². The minimum atomic E-state index is -0.305. The van der Waals surface area contributed by atoms with Crippen molar-refractivity contribution in [2.24, 2.45) is 5.92 Å². The van der Waals surface area contributed by atoms with Gasteiger partial charge in [0.05, 0.1) is 0 Å². The molecule has 0 aliphatic carbocycles. The third-order valence-corrected chi connectivity index (χ3v) is 3.86. The van der Waals surface area contributed by atoms with Gasteiger partial charge in [-0.1, -0.05) is 13.8 Å². The zero-order chi connectivity index (χ0) is 9.14. The maximum absolute atomic E-state index is 10.8. The van der Waals surface area contributed by atoms with Gasteiger partial charge in [0, 0.05) is 24.1 Å². The Morgan fingerprint density at radius 3 is 2.83 bits per heavy atom. The Hall–Kier alpha value is 0.110. The van der Waals surface area contributed by atoms with Crippen LogP contribution in [0.4, 0.5) is 4.79 Å². The van der Waals surface area contributed by atoms with Crippen LogP contribution in [-0.4, -0.2) is 34.4 Å². The van der Waals surface area contributed by atoms with Gasteiger partial charge in [0.2, 0.25) is 0 Å². The van der Waals surface area contributed by atoms with Crippen molar-refractivity contribution in [3.05, 3.63) is 0 Å². The molecular formula is C8H14ClNOS. The molecule has 0 aromatic heterocycles. The Morgan fingerprint density at radius 1 is 1.67 bits per heavy atom. The average Bonchev–Trinajstić information content (AvgIpc) is 2.04. The van der Waals surface area contributed by atoms with Crippen molar-refractivity contribution in [3.8, 4) is 0 Å². The summed E-state index contributed by atoms with van der Waals surface area (Å²) in [6.45, 7) is 5.97. The van der Waals surface area contributed by atoms with Gasteiger partial charge in [-0.2, -0.15) is 11.8 Å². The van der Waals surface area contributed by atoms with Gasteiger partial charge in [-0.3, -0.25) is 4.79 Å². The largest absolute Gasteiger partial charge is 0.327 e. The molecular weight excluding hydrogens is 194 g/mol. The average molecular weight is 208 g/mol. The molecule has 0 spiro atoms. The molecule has 2 nitrogen and oxygen atoms in total. The summed E-state index contributed by atoms with van der Waals surface area (Å²) in [5.74, 6) is 1.63. The standard InChI is InChI=1S/C8H14ClNOS/c1-6(2)7-5-10(8(9)11)3-4-12-7/h6-7H,3-5H2,1-2H3. The number of thioether (sulfide) groups is 1. The maximum Gasteiger partial charge on any atom is 0.316 e. The fourth-order valence-corrected chi connectivity index (χ4v) is 2.69. The third-order valence-electron chi connectivity index (χ3n) is 2.09. The Morgan fingerprint density at radius 2 is 2.33 bits per heavy atom. The molecule has 70 valence electrons. The fourth-order valence-electron chi connectivity index (χ4n) is 1.24. The summed E-state index contributed by atoms with van der Waals surface area (Å²) in [5, 5.41) is 0.252. The molecule has 1 heterocycles. The first-order valence-electron chi connectivity index (χ1n) is 4.17. The molecule has 1 atom stereocenters. The molecule has 1 aliphatic heterocycles. The van der Waals surface area contributed by atoms with Crippen LogP contribution in [0.15, 0.2) is 0 Å². The third kappa shape index (κ3) is 2.56. The van der Waals surface area contributed by atoms with E-state index < -0.39 is 0 Å². The van der Waals surface area contributed by atoms with Crippen LogP contribution in [0, 0.1) is 5.92 Å². The van der Waals surface area contributed by atoms with E-state index in [1.165, 1.54) is 0 Å². The molecule has 0 N–H and O–H groups in total. The first-order valence-corrected chi connectivity index (χ1v) is 5.60. The lowest BCUT2D eigenvalue weighted by Crippen LogP contribution is -2.41. The highest BCUT2D eigenvalue weighted by Gasteiger charge is 2.24. The van der Waals surface area contributed by atoms with Crippen molar-refractivity contribution in [1.29, 1.82) is 0 Å². The van der Waals surface area contributed by atoms with Crippen molar-refractivity contribution in [2.45, 2.75) is 19.1 Å². The van der Waals surface area contributed by atoms with E-state index in [-0.39, 0.29) is 5.37 Å². The molecule has 1 saturated heterocycles. The molecule has 0 aromatic carbocycles. The van der Waals surface area contributed by atoms with E-state index >= 15 is 0 Å². The number of rotatable bonds is 1. The summed E-state index contributed by atoms with van der Waals surface area (Å²) < 4.78 is 0. The monoisotopic (exact) mass is 207 g/mol. The topological polar surface area (TPSA) is 20.3 Å². The molecule has 1 amide bonds. The predicted octanol–water partition coefficient (Wildman–Crippen LogP) is 2.42. The Labute approximate surface area is 82.6 Å². The SMILES string of the molecule is CC(C)C1CN(C(=O)Cl)CCS1. The van der Waals surface area contributed by atoms with Crippen LogP contribution in [-0.2, 0) is 0 Å². The minimum absolute atomic E-state index is 0.305. The Balaban J connectivity index is 2.46. The summed E-state index contributed by atoms with van der Waals surface area (Å²) in [7, 11) is 0. The number of hydrogen-bond acceptors (Lipinski definition) is 2. The number of carbonyl (C=O) groups is 1. The lowest BCUT2D eigenvalue weighted by Gasteiger charge is -2.32. The number of halogens is 1. The molecule has 1 rings (SSSR count). The van der Waals surface area contributed by atoms with Crippen LogP contribution in [0.3, 0.4) is 0 Å². The summed E-state index contributed by atoms with van der Waals surface area (Å²) in [4.78, 5) is 12.6. The van der Waals surface area contributed by atoms with Crippen molar-refractivity contribution >= 4 is 28.7 Å². The van der Waals surface area contributed by atoms with Gasteiger partial charge in [-0.25, -0.2) is 0 Å². The van der Waals surface area contributed by atoms with Gasteiger partial charge in [0.25, 0.3) is 0 Å². The van der Waals surface area contributed by atoms with Crippen molar-refractivity contribution in [2.75, 3.05) is 18.8 Å². The highest BCUT2D eigenvalue weighted by atomic mass is 35.5. The number of amides is 1. The molecule has 0 radical (unpaired) electrons. The summed E-state index contributed by atoms with van der Waals surface area (Å²) >= 11 is 7.34. The van der Waals surface area contributed by atoms with Gasteiger partial charge in [0.15, 0.2) is 0 Å². The van der Waals surface area contributed by atoms with E-state index in [0.717, 1.165) is 18.8 Å². The van der Waals surface area contributed by atoms with Crippen molar-refractivity contribution in [1.82, 2.24) is 4.90 Å². The molecule has 0 saturated carbocycles. The van der Waals surface area contributed by atoms with Crippen LogP contribution in [0.1, 0.15) is 13.8 Å². The maximum atomic E-state index is 10.8. The highest BCUT2D eigenvalue weighted by molar-refractivity contribution is 8.00. The van der Waals surface area contributed by atoms with Crippen LogP contribution in [0.25, 0.3) is 0 Å². The quantitative estimate of drug-likeness (QED) is 0.486. The summed E-state index contributed by atoms with van der Waals surface area (Å²) in [6, 6.07) is 0. The van der Waals surface area contributed by atoms with Gasteiger partial charge in [-0.05, 0) is 17.5 Å². The highest BCUT2D eigenvalue weighted by Crippen LogP contribution is 2.25. The minimum Gasteiger partial charge on any atom is -0.327 e. The molecule has 12 heavy (non-hydrogen) atoms. The van der Waals surface area contributed by atoms with Crippen LogP contribution in [0.2, 0.25) is 0 Å². The Bertz CT molecular complexity index is 174. The molecule has 1 fully saturated rings. The van der Waals surface area contributed by atoms with E-state index in [9.17, 15) is 4.79 Å². The van der Waals surface area contributed by atoms with Gasteiger partial charge >= 0.3 is 5.37 Å². The first-order chi connectivity index (χ1) is 5.61. The lowest BCUT2D eigenvalue weighted by molar-refractivity contribution is 0.221. The van der Waals surface area contributed by atoms with E-state index in [1.807, 2.05) is 11.8 Å². The van der Waals surface area contributed by atoms with Gasteiger partial charge < -0.3 is 4.90 Å². The second-order valence-electron chi connectivity index (χ2n) is 3.35. The van der Waals surface area contributed by atoms with Crippen LogP contribution in [0.5, 0.6) is 0 Å². The van der Waals surface area contributed by atoms with E-state index in [1.54, 1.807) is 4.90 Å². The molecule has 1 aliphatic rings. The normalized spacial score (nSPS) is 24.7. The van der Waals surface area contributed by atoms with Crippen molar-refractivity contribution < 1.29 is 4.79 Å². The number of carbonyl (C=O) groups excluding carboxylic acids is 1. The lowest BCUT2D eigenvalue weighted by atomic mass is 10.1. The second kappa shape index (κ2) is 4.38. The van der Waals surface area contributed by atoms with E-state index in [4.69, 9.17) is 11.6 Å². The van der Waals surface area contributed by atoms with E-state index in [0.29, 0.717) is 11.2 Å². The fraction of sp³-hybridized carbons (Fsp3) is 0.875.